The molecule has 0 bridgehead atoms. The topological polar surface area (TPSA) is 58.2 Å². The number of carbonyl (C=O) groups excluding carboxylic acids is 2. The molecule has 0 aliphatic rings. The van der Waals surface area contributed by atoms with E-state index in [0.717, 1.165) is 61.1 Å². The Bertz CT molecular complexity index is 1000. The van der Waals surface area contributed by atoms with E-state index in [4.69, 9.17) is 0 Å². The predicted molar refractivity (Wildman–Crippen MR) is 127 cm³/mol. The van der Waals surface area contributed by atoms with Crippen LogP contribution in [0.15, 0.2) is 48.5 Å². The number of halogens is 8. The first kappa shape index (κ1) is 31.0. The van der Waals surface area contributed by atoms with Crippen LogP contribution in [0.3, 0.4) is 0 Å². The zero-order valence-electron chi connectivity index (χ0n) is 20.7. The highest BCUT2D eigenvalue weighted by molar-refractivity contribution is 5.99. The van der Waals surface area contributed by atoms with Gasteiger partial charge in [-0.05, 0) is 61.1 Å². The van der Waals surface area contributed by atoms with Gasteiger partial charge in [0.2, 0.25) is 0 Å². The first-order valence-corrected chi connectivity index (χ1v) is 11.9. The van der Waals surface area contributed by atoms with Crippen molar-refractivity contribution in [3.63, 3.8) is 0 Å². The largest absolute Gasteiger partial charge is 0.393 e. The summed E-state index contributed by atoms with van der Waals surface area (Å²) in [5.41, 5.74) is 0.575. The normalized spacial score (nSPS) is 12.8. The first-order chi connectivity index (χ1) is 17.6. The van der Waals surface area contributed by atoms with Crippen LogP contribution in [0.4, 0.5) is 46.5 Å². The van der Waals surface area contributed by atoms with Gasteiger partial charge in [-0.1, -0.05) is 51.0 Å². The average molecular weight is 553 g/mol. The number of nitrogens with one attached hydrogen (secondary N) is 2. The summed E-state index contributed by atoms with van der Waals surface area (Å²) in [5, 5.41) is 2.67. The van der Waals surface area contributed by atoms with E-state index in [1.807, 2.05) is 13.8 Å². The Labute approximate surface area is 214 Å². The van der Waals surface area contributed by atoms with Gasteiger partial charge in [0.05, 0.1) is 0 Å². The maximum absolute atomic E-state index is 14.3. The number of benzene rings is 2. The lowest BCUT2D eigenvalue weighted by Crippen LogP contribution is -2.67. The monoisotopic (exact) mass is 552 g/mol. The summed E-state index contributed by atoms with van der Waals surface area (Å²) in [4.78, 5) is 23.7. The van der Waals surface area contributed by atoms with E-state index in [1.165, 1.54) is 34.9 Å². The molecule has 2 rings (SSSR count). The molecule has 0 unspecified atom stereocenters. The molecular formula is C26H28F8N2O2. The van der Waals surface area contributed by atoms with Gasteiger partial charge in [-0.25, -0.2) is 0 Å². The van der Waals surface area contributed by atoms with Crippen LogP contribution in [0.2, 0.25) is 0 Å². The van der Waals surface area contributed by atoms with Crippen molar-refractivity contribution in [2.24, 2.45) is 0 Å². The third kappa shape index (κ3) is 6.44. The molecule has 0 atom stereocenters. The SMILES string of the molecule is CCCCc1ccc(NC(=O)C(F)(F)C(F)(F)C(F)(F)C(F)(F)C(=O)Nc2ccc(CCCC)cc2)cc1. The summed E-state index contributed by atoms with van der Waals surface area (Å²) in [6, 6.07) is 9.87. The molecule has 2 aromatic carbocycles. The molecule has 210 valence electrons. The summed E-state index contributed by atoms with van der Waals surface area (Å²) in [7, 11) is 0. The molecule has 0 saturated heterocycles. The highest BCUT2D eigenvalue weighted by Gasteiger charge is 2.84. The van der Waals surface area contributed by atoms with Crippen LogP contribution in [0.5, 0.6) is 0 Å². The Balaban J connectivity index is 2.20. The van der Waals surface area contributed by atoms with E-state index in [1.54, 1.807) is 0 Å². The molecule has 2 N–H and O–H groups in total. The van der Waals surface area contributed by atoms with Gasteiger partial charge in [-0.2, -0.15) is 35.1 Å². The lowest BCUT2D eigenvalue weighted by atomic mass is 9.97. The molecule has 4 nitrogen and oxygen atoms in total. The molecule has 2 aromatic rings. The third-order valence-electron chi connectivity index (χ3n) is 5.81. The van der Waals surface area contributed by atoms with Crippen molar-refractivity contribution in [2.75, 3.05) is 10.6 Å². The first-order valence-electron chi connectivity index (χ1n) is 11.9. The van der Waals surface area contributed by atoms with Crippen LogP contribution in [0.25, 0.3) is 0 Å². The van der Waals surface area contributed by atoms with Gasteiger partial charge in [0, 0.05) is 11.4 Å². The van der Waals surface area contributed by atoms with Crippen molar-refractivity contribution in [3.05, 3.63) is 59.7 Å². The van der Waals surface area contributed by atoms with Crippen molar-refractivity contribution in [3.8, 4) is 0 Å². The summed E-state index contributed by atoms with van der Waals surface area (Å²) in [6.07, 6.45) is 4.48. The van der Waals surface area contributed by atoms with Crippen molar-refractivity contribution >= 4 is 23.2 Å². The fraction of sp³-hybridized carbons (Fsp3) is 0.462. The minimum atomic E-state index is -6.95. The molecule has 0 heterocycles. The number of alkyl halides is 8. The number of hydrogen-bond acceptors (Lipinski definition) is 2. The summed E-state index contributed by atoms with van der Waals surface area (Å²) in [6.45, 7) is 3.84. The molecule has 2 amide bonds. The van der Waals surface area contributed by atoms with Gasteiger partial charge < -0.3 is 10.6 Å². The molecule has 0 fully saturated rings. The Morgan fingerprint density at radius 2 is 0.868 bits per heavy atom. The van der Waals surface area contributed by atoms with Gasteiger partial charge in [-0.15, -0.1) is 0 Å². The number of rotatable bonds is 13. The molecule has 0 aliphatic carbocycles. The highest BCUT2D eigenvalue weighted by Crippen LogP contribution is 2.53. The molecule has 12 heteroatoms. The minimum Gasteiger partial charge on any atom is -0.321 e. The van der Waals surface area contributed by atoms with Gasteiger partial charge in [0.1, 0.15) is 0 Å². The third-order valence-corrected chi connectivity index (χ3v) is 5.81. The van der Waals surface area contributed by atoms with Gasteiger partial charge in [0.25, 0.3) is 0 Å². The molecule has 38 heavy (non-hydrogen) atoms. The van der Waals surface area contributed by atoms with Crippen molar-refractivity contribution < 1.29 is 44.7 Å². The quantitative estimate of drug-likeness (QED) is 0.253. The van der Waals surface area contributed by atoms with Crippen molar-refractivity contribution in [1.82, 2.24) is 0 Å². The van der Waals surface area contributed by atoms with Gasteiger partial charge in [-0.3, -0.25) is 9.59 Å². The lowest BCUT2D eigenvalue weighted by Gasteiger charge is -2.35. The van der Waals surface area contributed by atoms with E-state index in [2.05, 4.69) is 0 Å². The number of anilines is 2. The van der Waals surface area contributed by atoms with Gasteiger partial charge in [0.15, 0.2) is 0 Å². The predicted octanol–water partition coefficient (Wildman–Crippen LogP) is 7.49. The average Bonchev–Trinajstić information content (AvgIpc) is 2.87. The zero-order chi connectivity index (χ0) is 28.8. The standard InChI is InChI=1S/C26H28F8N2O2/c1-3-5-7-17-9-13-19(14-10-17)35-21(37)23(27,28)25(31,32)26(33,34)24(29,30)22(38)36-20-15-11-18(12-16-20)8-6-4-2/h9-16H,3-8H2,1-2H3,(H,35,37)(H,36,38). The Hall–Kier alpha value is -3.18. The number of hydrogen-bond donors (Lipinski definition) is 2. The molecule has 0 radical (unpaired) electrons. The number of unbranched alkanes of at least 4 members (excludes halogenated alkanes) is 2. The van der Waals surface area contributed by atoms with E-state index in [9.17, 15) is 44.7 Å². The van der Waals surface area contributed by atoms with E-state index in [-0.39, 0.29) is 0 Å². The maximum Gasteiger partial charge on any atom is 0.393 e. The highest BCUT2D eigenvalue weighted by atomic mass is 19.4. The fourth-order valence-electron chi connectivity index (χ4n) is 3.37. The van der Waals surface area contributed by atoms with Crippen molar-refractivity contribution in [2.45, 2.75) is 76.1 Å². The van der Waals surface area contributed by atoms with E-state index < -0.39 is 46.9 Å². The Kier molecular flexibility index (Phi) is 9.90. The summed E-state index contributed by atoms with van der Waals surface area (Å²) < 4.78 is 114. The van der Waals surface area contributed by atoms with Crippen LogP contribution in [-0.4, -0.2) is 35.5 Å². The maximum atomic E-state index is 14.3. The van der Waals surface area contributed by atoms with Crippen LogP contribution >= 0.6 is 0 Å². The molecule has 0 saturated carbocycles. The van der Waals surface area contributed by atoms with Crippen LogP contribution in [-0.2, 0) is 22.4 Å². The molecule has 0 aromatic heterocycles. The number of aryl methyl sites for hydroxylation is 2. The second kappa shape index (κ2) is 12.1. The second-order valence-electron chi connectivity index (χ2n) is 8.81. The smallest absolute Gasteiger partial charge is 0.321 e. The summed E-state index contributed by atoms with van der Waals surface area (Å²) in [5.74, 6) is -32.4. The van der Waals surface area contributed by atoms with Crippen molar-refractivity contribution in [1.29, 1.82) is 0 Å². The zero-order valence-corrected chi connectivity index (χ0v) is 20.7. The minimum absolute atomic E-state index is 0.444. The lowest BCUT2D eigenvalue weighted by molar-refractivity contribution is -0.345. The molecular weight excluding hydrogens is 524 g/mol. The van der Waals surface area contributed by atoms with E-state index >= 15 is 0 Å². The molecule has 0 aliphatic heterocycles. The number of carbonyl (C=O) groups is 2. The Morgan fingerprint density at radius 1 is 0.579 bits per heavy atom. The van der Waals surface area contributed by atoms with Crippen LogP contribution < -0.4 is 10.6 Å². The fourth-order valence-corrected chi connectivity index (χ4v) is 3.37. The van der Waals surface area contributed by atoms with Gasteiger partial charge >= 0.3 is 35.5 Å². The van der Waals surface area contributed by atoms with Crippen LogP contribution in [0.1, 0.15) is 50.7 Å². The molecule has 0 spiro atoms. The number of amides is 2. The Morgan fingerprint density at radius 3 is 1.13 bits per heavy atom. The second-order valence-corrected chi connectivity index (χ2v) is 8.81. The van der Waals surface area contributed by atoms with E-state index in [0.29, 0.717) is 12.8 Å². The van der Waals surface area contributed by atoms with Crippen LogP contribution in [0, 0.1) is 0 Å². The summed E-state index contributed by atoms with van der Waals surface area (Å²) >= 11 is 0.